The Bertz CT molecular complexity index is 798. The summed E-state index contributed by atoms with van der Waals surface area (Å²) >= 11 is 6.08. The molecule has 2 aliphatic rings. The molecule has 2 fully saturated rings. The van der Waals surface area contributed by atoms with Crippen LogP contribution >= 0.6 is 11.6 Å². The van der Waals surface area contributed by atoms with Crippen LogP contribution in [-0.4, -0.2) is 10.9 Å². The average molecular weight is 383 g/mol. The monoisotopic (exact) mass is 382 g/mol. The first kappa shape index (κ1) is 18.5. The van der Waals surface area contributed by atoms with Gasteiger partial charge in [-0.15, -0.1) is 0 Å². The number of para-hydroxylation sites is 1. The van der Waals surface area contributed by atoms with Crippen molar-refractivity contribution in [1.29, 1.82) is 0 Å². The van der Waals surface area contributed by atoms with E-state index < -0.39 is 0 Å². The van der Waals surface area contributed by atoms with E-state index in [9.17, 15) is 4.79 Å². The molecule has 2 atom stereocenters. The Kier molecular flexibility index (Phi) is 5.77. The van der Waals surface area contributed by atoms with Crippen LogP contribution in [0, 0.1) is 11.8 Å². The van der Waals surface area contributed by atoms with Crippen LogP contribution in [0.4, 0.5) is 5.69 Å². The molecular formula is C23H27ClN2O. The van der Waals surface area contributed by atoms with E-state index >= 15 is 0 Å². The maximum Gasteiger partial charge on any atom is 0.258 e. The number of carbonyl (C=O) groups excluding carboxylic acids is 1. The number of hydrogen-bond acceptors (Lipinski definition) is 2. The van der Waals surface area contributed by atoms with E-state index in [-0.39, 0.29) is 11.1 Å². The number of pyridine rings is 1. The predicted molar refractivity (Wildman–Crippen MR) is 110 cm³/mol. The zero-order valence-electron chi connectivity index (χ0n) is 15.7. The van der Waals surface area contributed by atoms with Crippen molar-refractivity contribution in [2.45, 2.75) is 57.3 Å². The van der Waals surface area contributed by atoms with Gasteiger partial charge in [-0.2, -0.15) is 0 Å². The minimum absolute atomic E-state index is 0.191. The summed E-state index contributed by atoms with van der Waals surface area (Å²) in [5, 5.41) is 3.31. The topological polar surface area (TPSA) is 42.0 Å². The van der Waals surface area contributed by atoms with Gasteiger partial charge in [-0.1, -0.05) is 74.7 Å². The molecule has 27 heavy (non-hydrogen) atoms. The molecule has 1 amide bonds. The van der Waals surface area contributed by atoms with Gasteiger partial charge in [-0.25, -0.2) is 4.98 Å². The molecule has 2 saturated carbocycles. The number of benzene rings is 1. The predicted octanol–water partition coefficient (Wildman–Crippen LogP) is 6.45. The number of hydrogen-bond donors (Lipinski definition) is 1. The van der Waals surface area contributed by atoms with Gasteiger partial charge in [0.15, 0.2) is 0 Å². The van der Waals surface area contributed by atoms with Crippen molar-refractivity contribution in [2.75, 3.05) is 5.32 Å². The van der Waals surface area contributed by atoms with Gasteiger partial charge in [0.2, 0.25) is 0 Å². The number of amides is 1. The van der Waals surface area contributed by atoms with E-state index in [0.717, 1.165) is 17.5 Å². The fraction of sp³-hybridized carbons (Fsp3) is 0.478. The van der Waals surface area contributed by atoms with Crippen LogP contribution in [0.15, 0.2) is 42.6 Å². The summed E-state index contributed by atoms with van der Waals surface area (Å²) in [6.45, 7) is 0. The quantitative estimate of drug-likeness (QED) is 0.617. The molecule has 4 heteroatoms. The Morgan fingerprint density at radius 1 is 1.00 bits per heavy atom. The molecule has 3 nitrogen and oxygen atoms in total. The highest BCUT2D eigenvalue weighted by Gasteiger charge is 2.44. The second-order valence-corrected chi connectivity index (χ2v) is 8.35. The van der Waals surface area contributed by atoms with Gasteiger partial charge in [-0.3, -0.25) is 4.79 Å². The van der Waals surface area contributed by atoms with E-state index in [0.29, 0.717) is 11.5 Å². The summed E-state index contributed by atoms with van der Waals surface area (Å²) in [7, 11) is 0. The van der Waals surface area contributed by atoms with E-state index in [4.69, 9.17) is 11.6 Å². The van der Waals surface area contributed by atoms with Crippen molar-refractivity contribution >= 4 is 23.2 Å². The fourth-order valence-electron chi connectivity index (χ4n) is 4.69. The molecule has 1 N–H and O–H groups in total. The van der Waals surface area contributed by atoms with Gasteiger partial charge in [-0.05, 0) is 47.9 Å². The zero-order chi connectivity index (χ0) is 18.6. The first-order valence-electron chi connectivity index (χ1n) is 10.2. The SMILES string of the molecule is O=C(Nc1ccccc1C1CC1C1CCCCCCC1)c1cccnc1Cl. The van der Waals surface area contributed by atoms with Crippen molar-refractivity contribution in [3.05, 3.63) is 58.9 Å². The summed E-state index contributed by atoms with van der Waals surface area (Å²) in [5.74, 6) is 2.02. The minimum Gasteiger partial charge on any atom is -0.322 e. The highest BCUT2D eigenvalue weighted by atomic mass is 35.5. The molecule has 0 bridgehead atoms. The Balaban J connectivity index is 1.47. The summed E-state index contributed by atoms with van der Waals surface area (Å²) < 4.78 is 0. The van der Waals surface area contributed by atoms with Crippen molar-refractivity contribution in [1.82, 2.24) is 4.98 Å². The van der Waals surface area contributed by atoms with Gasteiger partial charge in [0.25, 0.3) is 5.91 Å². The number of aromatic nitrogens is 1. The van der Waals surface area contributed by atoms with Crippen LogP contribution in [0.5, 0.6) is 0 Å². The van der Waals surface area contributed by atoms with Crippen LogP contribution in [0.2, 0.25) is 5.15 Å². The highest BCUT2D eigenvalue weighted by molar-refractivity contribution is 6.33. The Morgan fingerprint density at radius 3 is 2.52 bits per heavy atom. The molecule has 0 radical (unpaired) electrons. The van der Waals surface area contributed by atoms with Gasteiger partial charge in [0.05, 0.1) is 5.56 Å². The first-order valence-corrected chi connectivity index (χ1v) is 10.6. The molecule has 0 aliphatic heterocycles. The second kappa shape index (κ2) is 8.43. The van der Waals surface area contributed by atoms with Crippen LogP contribution in [-0.2, 0) is 0 Å². The smallest absolute Gasteiger partial charge is 0.258 e. The number of anilines is 1. The van der Waals surface area contributed by atoms with Crippen molar-refractivity contribution in [3.8, 4) is 0 Å². The number of rotatable bonds is 4. The molecule has 1 heterocycles. The normalized spacial score (nSPS) is 23.3. The average Bonchev–Trinajstić information content (AvgIpc) is 3.42. The fourth-order valence-corrected chi connectivity index (χ4v) is 4.89. The molecule has 142 valence electrons. The number of nitrogens with one attached hydrogen (secondary N) is 1. The number of halogens is 1. The second-order valence-electron chi connectivity index (χ2n) is 7.99. The molecule has 4 rings (SSSR count). The molecule has 2 aliphatic carbocycles. The third-order valence-electron chi connectivity index (χ3n) is 6.21. The van der Waals surface area contributed by atoms with Crippen LogP contribution in [0.25, 0.3) is 0 Å². The summed E-state index contributed by atoms with van der Waals surface area (Å²) in [6, 6.07) is 11.7. The summed E-state index contributed by atoms with van der Waals surface area (Å²) in [5.41, 5.74) is 2.61. The molecule has 0 saturated heterocycles. The lowest BCUT2D eigenvalue weighted by Crippen LogP contribution is -2.14. The van der Waals surface area contributed by atoms with E-state index in [1.807, 2.05) is 12.1 Å². The van der Waals surface area contributed by atoms with E-state index in [1.165, 1.54) is 56.9 Å². The lowest BCUT2D eigenvalue weighted by Gasteiger charge is -2.20. The number of carbonyl (C=O) groups is 1. The lowest BCUT2D eigenvalue weighted by atomic mass is 9.86. The molecule has 1 aromatic heterocycles. The standard InChI is InChI=1S/C23H27ClN2O/c24-22-18(12-8-14-25-22)23(27)26-21-13-7-6-11-17(21)20-15-19(20)16-9-4-2-1-3-5-10-16/h6-8,11-14,16,19-20H,1-5,9-10,15H2,(H,26,27). The Labute approximate surface area is 166 Å². The highest BCUT2D eigenvalue weighted by Crippen LogP contribution is 2.56. The zero-order valence-corrected chi connectivity index (χ0v) is 16.4. The summed E-state index contributed by atoms with van der Waals surface area (Å²) in [6.07, 6.45) is 12.6. The van der Waals surface area contributed by atoms with Gasteiger partial charge in [0.1, 0.15) is 5.15 Å². The van der Waals surface area contributed by atoms with Crippen LogP contribution < -0.4 is 5.32 Å². The third-order valence-corrected chi connectivity index (χ3v) is 6.51. The maximum absolute atomic E-state index is 12.7. The van der Waals surface area contributed by atoms with Gasteiger partial charge in [0, 0.05) is 11.9 Å². The van der Waals surface area contributed by atoms with Crippen molar-refractivity contribution in [2.24, 2.45) is 11.8 Å². The van der Waals surface area contributed by atoms with Crippen molar-refractivity contribution < 1.29 is 4.79 Å². The van der Waals surface area contributed by atoms with Gasteiger partial charge >= 0.3 is 0 Å². The van der Waals surface area contributed by atoms with Crippen LogP contribution in [0.3, 0.4) is 0 Å². The van der Waals surface area contributed by atoms with E-state index in [1.54, 1.807) is 18.3 Å². The third kappa shape index (κ3) is 4.35. The largest absolute Gasteiger partial charge is 0.322 e. The summed E-state index contributed by atoms with van der Waals surface area (Å²) in [4.78, 5) is 16.7. The Morgan fingerprint density at radius 2 is 1.74 bits per heavy atom. The molecule has 0 spiro atoms. The van der Waals surface area contributed by atoms with Crippen LogP contribution in [0.1, 0.15) is 73.2 Å². The first-order chi connectivity index (χ1) is 13.2. The van der Waals surface area contributed by atoms with Gasteiger partial charge < -0.3 is 5.32 Å². The molecule has 2 unspecified atom stereocenters. The van der Waals surface area contributed by atoms with Crippen molar-refractivity contribution in [3.63, 3.8) is 0 Å². The lowest BCUT2D eigenvalue weighted by molar-refractivity contribution is 0.102. The molecule has 1 aromatic carbocycles. The minimum atomic E-state index is -0.191. The molecular weight excluding hydrogens is 356 g/mol. The van der Waals surface area contributed by atoms with E-state index in [2.05, 4.69) is 22.4 Å². The maximum atomic E-state index is 12.7. The number of nitrogens with zero attached hydrogens (tertiary/aromatic N) is 1. The Hall–Kier alpha value is -1.87. The molecule has 2 aromatic rings.